The lowest BCUT2D eigenvalue weighted by Gasteiger charge is -2.13. The first-order chi connectivity index (χ1) is 7.65. The van der Waals surface area contributed by atoms with E-state index in [1.807, 2.05) is 11.8 Å². The van der Waals surface area contributed by atoms with E-state index in [1.165, 1.54) is 0 Å². The van der Waals surface area contributed by atoms with Crippen LogP contribution in [0.5, 0.6) is 0 Å². The fourth-order valence-corrected chi connectivity index (χ4v) is 2.13. The van der Waals surface area contributed by atoms with Gasteiger partial charge < -0.3 is 11.1 Å². The Hall–Kier alpha value is -0.880. The van der Waals surface area contributed by atoms with Crippen molar-refractivity contribution in [2.24, 2.45) is 11.7 Å². The van der Waals surface area contributed by atoms with Gasteiger partial charge in [-0.2, -0.15) is 16.9 Å². The minimum absolute atomic E-state index is 0.343. The highest BCUT2D eigenvalue weighted by Gasteiger charge is 2.07. The van der Waals surface area contributed by atoms with Gasteiger partial charge in [0.25, 0.3) is 0 Å². The van der Waals surface area contributed by atoms with E-state index in [1.54, 1.807) is 12.3 Å². The summed E-state index contributed by atoms with van der Waals surface area (Å²) in [7, 11) is 0. The molecule has 1 rings (SSSR count). The molecule has 16 heavy (non-hydrogen) atoms. The minimum atomic E-state index is 0.343. The molecule has 0 bridgehead atoms. The molecule has 0 spiro atoms. The molecule has 0 aromatic carbocycles. The van der Waals surface area contributed by atoms with Crippen molar-refractivity contribution in [1.29, 1.82) is 0 Å². The molecular formula is C10H16N4S2. The summed E-state index contributed by atoms with van der Waals surface area (Å²) in [6.45, 7) is 3.02. The second-order valence-corrected chi connectivity index (χ2v) is 4.95. The van der Waals surface area contributed by atoms with E-state index >= 15 is 0 Å². The number of rotatable bonds is 6. The normalized spacial score (nSPS) is 12.1. The molecule has 1 aromatic heterocycles. The van der Waals surface area contributed by atoms with Gasteiger partial charge in [-0.15, -0.1) is 5.10 Å². The molecule has 4 nitrogen and oxygen atoms in total. The number of aromatic nitrogens is 2. The second-order valence-electron chi connectivity index (χ2n) is 3.60. The molecule has 0 aliphatic heterocycles. The van der Waals surface area contributed by atoms with E-state index in [-0.39, 0.29) is 0 Å². The topological polar surface area (TPSA) is 63.8 Å². The van der Waals surface area contributed by atoms with Crippen LogP contribution in [0, 0.1) is 5.92 Å². The van der Waals surface area contributed by atoms with Gasteiger partial charge in [0.2, 0.25) is 0 Å². The van der Waals surface area contributed by atoms with Crippen LogP contribution in [0.25, 0.3) is 0 Å². The lowest BCUT2D eigenvalue weighted by Crippen LogP contribution is -2.19. The molecule has 1 atom stereocenters. The third-order valence-corrected chi connectivity index (χ3v) is 3.18. The Labute approximate surface area is 105 Å². The van der Waals surface area contributed by atoms with Crippen molar-refractivity contribution in [3.05, 3.63) is 17.8 Å². The largest absolute Gasteiger partial charge is 0.389 e. The molecule has 0 radical (unpaired) electrons. The van der Waals surface area contributed by atoms with Crippen molar-refractivity contribution in [2.45, 2.75) is 6.92 Å². The van der Waals surface area contributed by atoms with Crippen molar-refractivity contribution < 1.29 is 0 Å². The summed E-state index contributed by atoms with van der Waals surface area (Å²) in [5, 5.41) is 11.0. The predicted molar refractivity (Wildman–Crippen MR) is 74.0 cm³/mol. The SMILES string of the molecule is CSCC(C)CNc1nnccc1C(N)=S. The van der Waals surface area contributed by atoms with Gasteiger partial charge >= 0.3 is 0 Å². The highest BCUT2D eigenvalue weighted by molar-refractivity contribution is 7.98. The lowest BCUT2D eigenvalue weighted by molar-refractivity contribution is 0.698. The number of nitrogens with one attached hydrogen (secondary N) is 1. The maximum Gasteiger partial charge on any atom is 0.158 e. The summed E-state index contributed by atoms with van der Waals surface area (Å²) in [5.41, 5.74) is 6.35. The number of nitrogens with zero attached hydrogens (tertiary/aromatic N) is 2. The molecule has 1 unspecified atom stereocenters. The maximum absolute atomic E-state index is 5.60. The van der Waals surface area contributed by atoms with Gasteiger partial charge in [-0.3, -0.25) is 0 Å². The molecule has 1 heterocycles. The number of thiocarbonyl (C=S) groups is 1. The van der Waals surface area contributed by atoms with Crippen LogP contribution >= 0.6 is 24.0 Å². The minimum Gasteiger partial charge on any atom is -0.389 e. The molecule has 88 valence electrons. The first-order valence-electron chi connectivity index (χ1n) is 4.99. The third-order valence-electron chi connectivity index (χ3n) is 2.06. The van der Waals surface area contributed by atoms with Crippen LogP contribution < -0.4 is 11.1 Å². The van der Waals surface area contributed by atoms with Crippen LogP contribution in [0.4, 0.5) is 5.82 Å². The van der Waals surface area contributed by atoms with Crippen LogP contribution in [-0.2, 0) is 0 Å². The van der Waals surface area contributed by atoms with E-state index in [4.69, 9.17) is 18.0 Å². The molecule has 0 fully saturated rings. The zero-order valence-electron chi connectivity index (χ0n) is 9.43. The second kappa shape index (κ2) is 6.65. The molecule has 0 aliphatic rings. The van der Waals surface area contributed by atoms with Crippen LogP contribution in [-0.4, -0.2) is 33.7 Å². The van der Waals surface area contributed by atoms with E-state index in [2.05, 4.69) is 28.7 Å². The Morgan fingerprint density at radius 2 is 2.44 bits per heavy atom. The average Bonchev–Trinajstić information content (AvgIpc) is 2.27. The zero-order valence-corrected chi connectivity index (χ0v) is 11.1. The standard InChI is InChI=1S/C10H16N4S2/c1-7(6-16-2)5-12-10-8(9(11)15)3-4-13-14-10/h3-4,7H,5-6H2,1-2H3,(H2,11,15)(H,12,14). The molecule has 1 aromatic rings. The fraction of sp³-hybridized carbons (Fsp3) is 0.500. The Bertz CT molecular complexity index is 356. The predicted octanol–water partition coefficient (Wildman–Crippen LogP) is 1.52. The van der Waals surface area contributed by atoms with Gasteiger partial charge in [-0.1, -0.05) is 19.1 Å². The fourth-order valence-electron chi connectivity index (χ4n) is 1.28. The van der Waals surface area contributed by atoms with Gasteiger partial charge in [0.1, 0.15) is 4.99 Å². The quantitative estimate of drug-likeness (QED) is 0.753. The van der Waals surface area contributed by atoms with Gasteiger partial charge in [0.15, 0.2) is 5.82 Å². The van der Waals surface area contributed by atoms with Gasteiger partial charge in [0.05, 0.1) is 11.8 Å². The van der Waals surface area contributed by atoms with Crippen molar-refractivity contribution in [2.75, 3.05) is 23.9 Å². The number of nitrogens with two attached hydrogens (primary N) is 1. The van der Waals surface area contributed by atoms with Crippen LogP contribution in [0.2, 0.25) is 0 Å². The Morgan fingerprint density at radius 3 is 3.06 bits per heavy atom. The monoisotopic (exact) mass is 256 g/mol. The highest BCUT2D eigenvalue weighted by Crippen LogP contribution is 2.11. The zero-order chi connectivity index (χ0) is 12.0. The van der Waals surface area contributed by atoms with Gasteiger partial charge in [-0.25, -0.2) is 0 Å². The summed E-state index contributed by atoms with van der Waals surface area (Å²) in [6.07, 6.45) is 3.68. The summed E-state index contributed by atoms with van der Waals surface area (Å²) < 4.78 is 0. The van der Waals surface area contributed by atoms with Crippen molar-refractivity contribution >= 4 is 34.8 Å². The number of hydrogen-bond donors (Lipinski definition) is 2. The molecule has 0 amide bonds. The van der Waals surface area contributed by atoms with Gasteiger partial charge in [-0.05, 0) is 24.0 Å². The molecular weight excluding hydrogens is 240 g/mol. The highest BCUT2D eigenvalue weighted by atomic mass is 32.2. The van der Waals surface area contributed by atoms with Crippen LogP contribution in [0.3, 0.4) is 0 Å². The van der Waals surface area contributed by atoms with E-state index in [9.17, 15) is 0 Å². The molecule has 0 saturated heterocycles. The first-order valence-corrected chi connectivity index (χ1v) is 6.79. The smallest absolute Gasteiger partial charge is 0.158 e. The van der Waals surface area contributed by atoms with E-state index in [0.717, 1.165) is 17.9 Å². The first kappa shape index (κ1) is 13.2. The van der Waals surface area contributed by atoms with Crippen LogP contribution in [0.15, 0.2) is 12.3 Å². The van der Waals surface area contributed by atoms with E-state index in [0.29, 0.717) is 16.7 Å². The maximum atomic E-state index is 5.60. The summed E-state index contributed by atoms with van der Waals surface area (Å²) in [5.74, 6) is 2.34. The molecule has 3 N–H and O–H groups in total. The molecule has 0 saturated carbocycles. The number of anilines is 1. The Kier molecular flexibility index (Phi) is 5.48. The van der Waals surface area contributed by atoms with Crippen molar-refractivity contribution in [3.8, 4) is 0 Å². The summed E-state index contributed by atoms with van der Waals surface area (Å²) in [6, 6.07) is 1.77. The number of thioether (sulfide) groups is 1. The van der Waals surface area contributed by atoms with E-state index < -0.39 is 0 Å². The van der Waals surface area contributed by atoms with Crippen LogP contribution in [0.1, 0.15) is 12.5 Å². The average molecular weight is 256 g/mol. The summed E-state index contributed by atoms with van der Waals surface area (Å²) in [4.78, 5) is 0.343. The summed E-state index contributed by atoms with van der Waals surface area (Å²) >= 11 is 6.78. The van der Waals surface area contributed by atoms with Crippen molar-refractivity contribution in [1.82, 2.24) is 10.2 Å². The molecule has 6 heteroatoms. The third kappa shape index (κ3) is 3.94. The Morgan fingerprint density at radius 1 is 1.69 bits per heavy atom. The lowest BCUT2D eigenvalue weighted by atomic mass is 10.2. The molecule has 0 aliphatic carbocycles. The van der Waals surface area contributed by atoms with Crippen molar-refractivity contribution in [3.63, 3.8) is 0 Å². The van der Waals surface area contributed by atoms with Gasteiger partial charge in [0, 0.05) is 6.54 Å². The Balaban J connectivity index is 2.63. The number of hydrogen-bond acceptors (Lipinski definition) is 5.